The fourth-order valence-electron chi connectivity index (χ4n) is 1.94. The zero-order valence-corrected chi connectivity index (χ0v) is 11.4. The first-order chi connectivity index (χ1) is 8.63. The molecule has 0 bridgehead atoms. The van der Waals surface area contributed by atoms with Crippen LogP contribution in [0.3, 0.4) is 0 Å². The Morgan fingerprint density at radius 1 is 1.56 bits per heavy atom. The Kier molecular flexibility index (Phi) is 3.87. The summed E-state index contributed by atoms with van der Waals surface area (Å²) in [4.78, 5) is 13.1. The summed E-state index contributed by atoms with van der Waals surface area (Å²) in [5.41, 5.74) is 1.24. The number of hydrogen-bond acceptors (Lipinski definition) is 3. The molecule has 0 radical (unpaired) electrons. The summed E-state index contributed by atoms with van der Waals surface area (Å²) in [6.45, 7) is 0.694. The van der Waals surface area contributed by atoms with Crippen LogP contribution in [0.4, 0.5) is 5.69 Å². The lowest BCUT2D eigenvalue weighted by molar-refractivity contribution is 0.0696. The third kappa shape index (κ3) is 2.82. The first-order valence-corrected chi connectivity index (χ1v) is 6.59. The van der Waals surface area contributed by atoms with Crippen molar-refractivity contribution in [3.05, 3.63) is 28.2 Å². The Bertz CT molecular complexity index is 506. The molecule has 1 saturated carbocycles. The molecule has 0 saturated heterocycles. The van der Waals surface area contributed by atoms with Gasteiger partial charge in [-0.05, 0) is 47.0 Å². The predicted octanol–water partition coefficient (Wildman–Crippen LogP) is 3.03. The van der Waals surface area contributed by atoms with E-state index >= 15 is 0 Å². The maximum atomic E-state index is 10.9. The molecule has 0 heterocycles. The lowest BCUT2D eigenvalue weighted by Gasteiger charge is -2.24. The van der Waals surface area contributed by atoms with Crippen molar-refractivity contribution in [3.63, 3.8) is 0 Å². The van der Waals surface area contributed by atoms with E-state index in [0.717, 1.165) is 18.5 Å². The van der Waals surface area contributed by atoms with Gasteiger partial charge in [0.2, 0.25) is 0 Å². The van der Waals surface area contributed by atoms with Gasteiger partial charge in [0.05, 0.1) is 18.1 Å². The second-order valence-corrected chi connectivity index (χ2v) is 5.16. The van der Waals surface area contributed by atoms with E-state index in [1.54, 1.807) is 6.07 Å². The summed E-state index contributed by atoms with van der Waals surface area (Å²) in [5.74, 6) is -0.941. The Hall–Kier alpha value is -1.54. The van der Waals surface area contributed by atoms with Crippen LogP contribution in [0.15, 0.2) is 22.7 Å². The zero-order valence-electron chi connectivity index (χ0n) is 9.77. The minimum atomic E-state index is -0.941. The molecule has 0 aliphatic heterocycles. The van der Waals surface area contributed by atoms with Gasteiger partial charge in [0.1, 0.15) is 0 Å². The summed E-state index contributed by atoms with van der Waals surface area (Å²) in [6.07, 6.45) is 2.77. The van der Waals surface area contributed by atoms with Crippen LogP contribution in [-0.4, -0.2) is 23.7 Å². The van der Waals surface area contributed by atoms with Gasteiger partial charge in [-0.2, -0.15) is 5.26 Å². The third-order valence-electron chi connectivity index (χ3n) is 2.97. The highest BCUT2D eigenvalue weighted by atomic mass is 79.9. The highest BCUT2D eigenvalue weighted by molar-refractivity contribution is 9.10. The molecule has 1 aliphatic carbocycles. The average Bonchev–Trinajstić information content (AvgIpc) is 3.13. The highest BCUT2D eigenvalue weighted by Gasteiger charge is 2.29. The Morgan fingerprint density at radius 3 is 2.78 bits per heavy atom. The number of anilines is 1. The molecule has 0 aromatic heterocycles. The number of aromatic carboxylic acids is 1. The van der Waals surface area contributed by atoms with E-state index in [-0.39, 0.29) is 5.56 Å². The van der Waals surface area contributed by atoms with Crippen molar-refractivity contribution in [2.45, 2.75) is 25.3 Å². The predicted molar refractivity (Wildman–Crippen MR) is 71.7 cm³/mol. The van der Waals surface area contributed by atoms with Gasteiger partial charge < -0.3 is 10.0 Å². The van der Waals surface area contributed by atoms with Crippen LogP contribution in [0.2, 0.25) is 0 Å². The monoisotopic (exact) mass is 308 g/mol. The van der Waals surface area contributed by atoms with Gasteiger partial charge in [-0.15, -0.1) is 0 Å². The lowest BCUT2D eigenvalue weighted by atomic mass is 10.2. The first-order valence-electron chi connectivity index (χ1n) is 5.80. The van der Waals surface area contributed by atoms with Crippen LogP contribution < -0.4 is 4.90 Å². The van der Waals surface area contributed by atoms with Gasteiger partial charge in [0.25, 0.3) is 0 Å². The van der Waals surface area contributed by atoms with E-state index in [2.05, 4.69) is 26.9 Å². The minimum Gasteiger partial charge on any atom is -0.478 e. The molecule has 1 aliphatic rings. The van der Waals surface area contributed by atoms with Crippen LogP contribution in [0.25, 0.3) is 0 Å². The summed E-state index contributed by atoms with van der Waals surface area (Å²) in [6, 6.07) is 7.88. The van der Waals surface area contributed by atoms with Crippen LogP contribution in [0.5, 0.6) is 0 Å². The normalized spacial score (nSPS) is 14.0. The van der Waals surface area contributed by atoms with Gasteiger partial charge >= 0.3 is 5.97 Å². The van der Waals surface area contributed by atoms with E-state index < -0.39 is 5.97 Å². The van der Waals surface area contributed by atoms with E-state index in [1.165, 1.54) is 0 Å². The number of hydrogen-bond donors (Lipinski definition) is 1. The van der Waals surface area contributed by atoms with E-state index in [4.69, 9.17) is 10.4 Å². The molecule has 0 spiro atoms. The number of nitrogens with zero attached hydrogens (tertiary/aromatic N) is 2. The lowest BCUT2D eigenvalue weighted by Crippen LogP contribution is -2.26. The summed E-state index contributed by atoms with van der Waals surface area (Å²) in [5, 5.41) is 17.6. The molecule has 0 amide bonds. The summed E-state index contributed by atoms with van der Waals surface area (Å²) < 4.78 is 0.579. The van der Waals surface area contributed by atoms with E-state index in [0.29, 0.717) is 23.5 Å². The molecule has 1 fully saturated rings. The fourth-order valence-corrected chi connectivity index (χ4v) is 2.47. The average molecular weight is 309 g/mol. The van der Waals surface area contributed by atoms with Gasteiger partial charge in [-0.3, -0.25) is 0 Å². The molecule has 18 heavy (non-hydrogen) atoms. The van der Waals surface area contributed by atoms with Crippen molar-refractivity contribution >= 4 is 27.6 Å². The molecule has 0 unspecified atom stereocenters. The largest absolute Gasteiger partial charge is 0.478 e. The van der Waals surface area contributed by atoms with Crippen molar-refractivity contribution in [1.29, 1.82) is 5.26 Å². The van der Waals surface area contributed by atoms with Gasteiger partial charge in [-0.1, -0.05) is 0 Å². The Balaban J connectivity index is 2.23. The summed E-state index contributed by atoms with van der Waals surface area (Å²) >= 11 is 3.28. The molecule has 5 heteroatoms. The molecule has 1 aromatic carbocycles. The zero-order chi connectivity index (χ0) is 13.1. The number of carboxylic acid groups (broad SMARTS) is 1. The second-order valence-electron chi connectivity index (χ2n) is 4.30. The minimum absolute atomic E-state index is 0.259. The SMILES string of the molecule is N#CCCN(c1ccc(C(=O)O)c(Br)c1)C1CC1. The number of rotatable bonds is 5. The molecule has 94 valence electrons. The standard InChI is InChI=1S/C13H13BrN2O2/c14-12-8-10(4-5-11(12)13(17)18)16(7-1-6-15)9-2-3-9/h4-5,8-9H,1-3,7H2,(H,17,18). The molecule has 2 rings (SSSR count). The number of carboxylic acids is 1. The highest BCUT2D eigenvalue weighted by Crippen LogP contribution is 2.33. The van der Waals surface area contributed by atoms with E-state index in [1.807, 2.05) is 12.1 Å². The first kappa shape index (κ1) is 12.9. The second kappa shape index (κ2) is 5.40. The number of benzene rings is 1. The maximum Gasteiger partial charge on any atom is 0.336 e. The Morgan fingerprint density at radius 2 is 2.28 bits per heavy atom. The molecule has 0 atom stereocenters. The van der Waals surface area contributed by atoms with Crippen LogP contribution in [0.1, 0.15) is 29.6 Å². The third-order valence-corrected chi connectivity index (χ3v) is 3.62. The van der Waals surface area contributed by atoms with Crippen molar-refractivity contribution in [2.24, 2.45) is 0 Å². The molecule has 1 aromatic rings. The van der Waals surface area contributed by atoms with Crippen molar-refractivity contribution in [2.75, 3.05) is 11.4 Å². The number of nitriles is 1. The molecular weight excluding hydrogens is 296 g/mol. The van der Waals surface area contributed by atoms with Gasteiger partial charge in [0.15, 0.2) is 0 Å². The Labute approximate surface area is 114 Å². The van der Waals surface area contributed by atoms with Crippen molar-refractivity contribution < 1.29 is 9.90 Å². The molecule has 4 nitrogen and oxygen atoms in total. The maximum absolute atomic E-state index is 10.9. The molecular formula is C13H13BrN2O2. The van der Waals surface area contributed by atoms with E-state index in [9.17, 15) is 4.79 Å². The smallest absolute Gasteiger partial charge is 0.336 e. The van der Waals surface area contributed by atoms with Crippen LogP contribution in [0, 0.1) is 11.3 Å². The quantitative estimate of drug-likeness (QED) is 0.908. The van der Waals surface area contributed by atoms with Crippen LogP contribution >= 0.6 is 15.9 Å². The van der Waals surface area contributed by atoms with Crippen LogP contribution in [-0.2, 0) is 0 Å². The summed E-state index contributed by atoms with van der Waals surface area (Å²) in [7, 11) is 0. The number of carbonyl (C=O) groups is 1. The van der Waals surface area contributed by atoms with Gasteiger partial charge in [-0.25, -0.2) is 4.79 Å². The van der Waals surface area contributed by atoms with Gasteiger partial charge in [0, 0.05) is 22.7 Å². The molecule has 1 N–H and O–H groups in total. The number of halogens is 1. The van der Waals surface area contributed by atoms with Crippen molar-refractivity contribution in [3.8, 4) is 6.07 Å². The fraction of sp³-hybridized carbons (Fsp3) is 0.385. The van der Waals surface area contributed by atoms with Crippen molar-refractivity contribution in [1.82, 2.24) is 0 Å². The topological polar surface area (TPSA) is 64.3 Å².